The Bertz CT molecular complexity index is 1200. The van der Waals surface area contributed by atoms with Gasteiger partial charge in [-0.1, -0.05) is 42.4 Å². The first kappa shape index (κ1) is 18.9. The molecular weight excluding hydrogens is 390 g/mol. The highest BCUT2D eigenvalue weighted by Gasteiger charge is 2.18. The third kappa shape index (κ3) is 4.22. The first-order chi connectivity index (χ1) is 14.0. The van der Waals surface area contributed by atoms with Gasteiger partial charge in [-0.15, -0.1) is 0 Å². The lowest BCUT2D eigenvalue weighted by Gasteiger charge is -2.12. The largest absolute Gasteiger partial charge is 0.461 e. The Morgan fingerprint density at radius 2 is 1.79 bits per heavy atom. The molecule has 0 atom stereocenters. The van der Waals surface area contributed by atoms with Crippen molar-refractivity contribution in [3.05, 3.63) is 83.9 Å². The van der Waals surface area contributed by atoms with Crippen LogP contribution in [-0.4, -0.2) is 18.6 Å². The number of hydrogen-bond donors (Lipinski definition) is 1. The van der Waals surface area contributed by atoms with E-state index in [-0.39, 0.29) is 11.3 Å². The summed E-state index contributed by atoms with van der Waals surface area (Å²) < 4.78 is 38.8. The summed E-state index contributed by atoms with van der Waals surface area (Å²) in [6, 6.07) is 17.4. The molecule has 2 heterocycles. The third-order valence-electron chi connectivity index (χ3n) is 4.45. The van der Waals surface area contributed by atoms with Gasteiger partial charge in [-0.2, -0.15) is 4.98 Å². The number of rotatable bonds is 7. The van der Waals surface area contributed by atoms with Crippen LogP contribution in [0, 0.1) is 0 Å². The molecule has 8 heteroatoms. The zero-order valence-corrected chi connectivity index (χ0v) is 16.5. The Hall–Kier alpha value is -3.39. The van der Waals surface area contributed by atoms with E-state index in [4.69, 9.17) is 8.94 Å². The predicted octanol–water partition coefficient (Wildman–Crippen LogP) is 4.28. The maximum absolute atomic E-state index is 12.8. The Kier molecular flexibility index (Phi) is 5.18. The van der Waals surface area contributed by atoms with Gasteiger partial charge in [0, 0.05) is 0 Å². The van der Waals surface area contributed by atoms with Crippen molar-refractivity contribution in [1.29, 1.82) is 0 Å². The van der Waals surface area contributed by atoms with Crippen LogP contribution in [0.15, 0.2) is 80.8 Å². The van der Waals surface area contributed by atoms with Gasteiger partial charge in [-0.25, -0.2) is 8.42 Å². The van der Waals surface area contributed by atoms with E-state index in [9.17, 15) is 8.42 Å². The minimum Gasteiger partial charge on any atom is -0.461 e. The van der Waals surface area contributed by atoms with Crippen molar-refractivity contribution < 1.29 is 17.4 Å². The van der Waals surface area contributed by atoms with Gasteiger partial charge in [0.2, 0.25) is 11.7 Å². The van der Waals surface area contributed by atoms with Gasteiger partial charge in [0.1, 0.15) is 0 Å². The van der Waals surface area contributed by atoms with Crippen LogP contribution in [0.3, 0.4) is 0 Å². The summed E-state index contributed by atoms with van der Waals surface area (Å²) in [5.74, 6) is 1.21. The second kappa shape index (κ2) is 7.92. The van der Waals surface area contributed by atoms with Crippen molar-refractivity contribution in [2.45, 2.75) is 24.7 Å². The van der Waals surface area contributed by atoms with Gasteiger partial charge in [0.15, 0.2) is 5.76 Å². The van der Waals surface area contributed by atoms with Crippen LogP contribution >= 0.6 is 0 Å². The molecule has 0 aliphatic heterocycles. The number of aryl methyl sites for hydroxylation is 1. The topological polar surface area (TPSA) is 98.2 Å². The number of benzene rings is 2. The third-order valence-corrected chi connectivity index (χ3v) is 5.84. The molecule has 2 aromatic heterocycles. The molecule has 0 unspecified atom stereocenters. The lowest BCUT2D eigenvalue weighted by atomic mass is 10.1. The fraction of sp³-hybridized carbons (Fsp3) is 0.143. The summed E-state index contributed by atoms with van der Waals surface area (Å²) in [5.41, 5.74) is 2.26. The highest BCUT2D eigenvalue weighted by Crippen LogP contribution is 2.24. The first-order valence-corrected chi connectivity index (χ1v) is 10.6. The smallest absolute Gasteiger partial charge is 0.261 e. The van der Waals surface area contributed by atoms with E-state index in [0.29, 0.717) is 23.2 Å². The normalized spacial score (nSPS) is 11.5. The van der Waals surface area contributed by atoms with Crippen LogP contribution < -0.4 is 4.72 Å². The van der Waals surface area contributed by atoms with Gasteiger partial charge in [0.05, 0.1) is 23.3 Å². The molecule has 0 spiro atoms. The van der Waals surface area contributed by atoms with E-state index < -0.39 is 10.0 Å². The molecule has 0 radical (unpaired) electrons. The van der Waals surface area contributed by atoms with Gasteiger partial charge in [-0.3, -0.25) is 4.72 Å². The second-order valence-corrected chi connectivity index (χ2v) is 8.11. The van der Waals surface area contributed by atoms with Crippen molar-refractivity contribution in [3.8, 4) is 11.6 Å². The highest BCUT2D eigenvalue weighted by molar-refractivity contribution is 7.92. The van der Waals surface area contributed by atoms with E-state index >= 15 is 0 Å². The number of nitrogens with zero attached hydrogens (tertiary/aromatic N) is 2. The Morgan fingerprint density at radius 3 is 2.52 bits per heavy atom. The maximum Gasteiger partial charge on any atom is 0.261 e. The van der Waals surface area contributed by atoms with E-state index in [0.717, 1.165) is 17.5 Å². The van der Waals surface area contributed by atoms with Crippen LogP contribution in [-0.2, 0) is 22.9 Å². The average molecular weight is 409 g/mol. The van der Waals surface area contributed by atoms with Crippen LogP contribution in [0.4, 0.5) is 5.69 Å². The lowest BCUT2D eigenvalue weighted by Crippen LogP contribution is -2.14. The Morgan fingerprint density at radius 1 is 1.00 bits per heavy atom. The Balaban J connectivity index is 1.56. The van der Waals surface area contributed by atoms with E-state index in [1.807, 2.05) is 31.2 Å². The van der Waals surface area contributed by atoms with Crippen LogP contribution in [0.5, 0.6) is 0 Å². The summed E-state index contributed by atoms with van der Waals surface area (Å²) in [6.07, 6.45) is 2.66. The van der Waals surface area contributed by atoms with Gasteiger partial charge < -0.3 is 8.94 Å². The van der Waals surface area contributed by atoms with Crippen molar-refractivity contribution in [2.24, 2.45) is 0 Å². The fourth-order valence-corrected chi connectivity index (χ4v) is 3.98. The van der Waals surface area contributed by atoms with Gasteiger partial charge in [-0.05, 0) is 47.9 Å². The number of hydrogen-bond acceptors (Lipinski definition) is 6. The molecule has 0 aliphatic carbocycles. The summed E-state index contributed by atoms with van der Waals surface area (Å²) >= 11 is 0. The molecular formula is C21H19N3O4S. The zero-order chi connectivity index (χ0) is 20.3. The standard InChI is InChI=1S/C21H19N3O4S/c1-2-15-9-11-17(12-10-15)29(25,26)24-18-7-4-3-6-16(18)14-20-22-21(23-28-20)19-8-5-13-27-19/h3-13,24H,2,14H2,1H3. The number of para-hydroxylation sites is 1. The molecule has 1 N–H and O–H groups in total. The van der Waals surface area contributed by atoms with Crippen LogP contribution in [0.25, 0.3) is 11.6 Å². The summed E-state index contributed by atoms with van der Waals surface area (Å²) in [7, 11) is -3.71. The Labute approximate surface area is 168 Å². The molecule has 2 aromatic carbocycles. The SMILES string of the molecule is CCc1ccc(S(=O)(=O)Nc2ccccc2Cc2nc(-c3ccco3)no2)cc1. The van der Waals surface area contributed by atoms with Crippen molar-refractivity contribution in [3.63, 3.8) is 0 Å². The predicted molar refractivity (Wildman–Crippen MR) is 108 cm³/mol. The number of sulfonamides is 1. The van der Waals surface area contributed by atoms with Crippen molar-refractivity contribution in [2.75, 3.05) is 4.72 Å². The quantitative estimate of drug-likeness (QED) is 0.489. The molecule has 0 bridgehead atoms. The lowest BCUT2D eigenvalue weighted by molar-refractivity contribution is 0.384. The minimum absolute atomic E-state index is 0.211. The summed E-state index contributed by atoms with van der Waals surface area (Å²) in [6.45, 7) is 2.02. The van der Waals surface area contributed by atoms with Gasteiger partial charge in [0.25, 0.3) is 10.0 Å². The number of anilines is 1. The molecule has 0 saturated heterocycles. The number of nitrogens with one attached hydrogen (secondary N) is 1. The monoisotopic (exact) mass is 409 g/mol. The molecule has 4 rings (SSSR count). The number of aromatic nitrogens is 2. The molecule has 0 aliphatic rings. The molecule has 148 valence electrons. The molecule has 4 aromatic rings. The molecule has 0 saturated carbocycles. The van der Waals surface area contributed by atoms with Gasteiger partial charge >= 0.3 is 0 Å². The van der Waals surface area contributed by atoms with E-state index in [2.05, 4.69) is 14.9 Å². The minimum atomic E-state index is -3.71. The van der Waals surface area contributed by atoms with Crippen molar-refractivity contribution in [1.82, 2.24) is 10.1 Å². The molecule has 0 amide bonds. The van der Waals surface area contributed by atoms with E-state index in [1.165, 1.54) is 6.26 Å². The number of furan rings is 1. The molecule has 0 fully saturated rings. The highest BCUT2D eigenvalue weighted by atomic mass is 32.2. The summed E-state index contributed by atoms with van der Waals surface area (Å²) in [4.78, 5) is 4.52. The fourth-order valence-electron chi connectivity index (χ4n) is 2.88. The first-order valence-electron chi connectivity index (χ1n) is 9.11. The van der Waals surface area contributed by atoms with E-state index in [1.54, 1.807) is 36.4 Å². The molecule has 7 nitrogen and oxygen atoms in total. The van der Waals surface area contributed by atoms with Crippen LogP contribution in [0.2, 0.25) is 0 Å². The average Bonchev–Trinajstić information content (AvgIpc) is 3.41. The van der Waals surface area contributed by atoms with Crippen LogP contribution in [0.1, 0.15) is 23.9 Å². The zero-order valence-electron chi connectivity index (χ0n) is 15.7. The van der Waals surface area contributed by atoms with Crippen molar-refractivity contribution >= 4 is 15.7 Å². The second-order valence-electron chi connectivity index (χ2n) is 6.43. The molecule has 29 heavy (non-hydrogen) atoms. The summed E-state index contributed by atoms with van der Waals surface area (Å²) in [5, 5.41) is 3.90. The maximum atomic E-state index is 12.8.